The average Bonchev–Trinajstić information content (AvgIpc) is 3.35. The van der Waals surface area contributed by atoms with E-state index in [9.17, 15) is 9.59 Å². The predicted molar refractivity (Wildman–Crippen MR) is 153 cm³/mol. The topological polar surface area (TPSA) is 55.2 Å². The first-order valence-corrected chi connectivity index (χ1v) is 12.8. The number of rotatable bonds is 3. The summed E-state index contributed by atoms with van der Waals surface area (Å²) < 4.78 is 1.66. The van der Waals surface area contributed by atoms with Crippen LogP contribution in [-0.2, 0) is 0 Å². The number of aromatic nitrogens is 2. The third-order valence-corrected chi connectivity index (χ3v) is 7.77. The summed E-state index contributed by atoms with van der Waals surface area (Å²) >= 11 is 0. The van der Waals surface area contributed by atoms with E-state index in [0.29, 0.717) is 22.6 Å². The van der Waals surface area contributed by atoms with Crippen LogP contribution in [0.15, 0.2) is 66.7 Å². The molecule has 1 aliphatic heterocycles. The molecule has 5 heteroatoms. The molecule has 1 aromatic heterocycles. The molecule has 2 heterocycles. The third-order valence-electron chi connectivity index (χ3n) is 7.77. The minimum Gasteiger partial charge on any atom is -0.268 e. The molecule has 0 spiro atoms. The first-order chi connectivity index (χ1) is 18.2. The van der Waals surface area contributed by atoms with Crippen LogP contribution in [0.4, 0.5) is 5.69 Å². The lowest BCUT2D eigenvalue weighted by atomic mass is 9.98. The lowest BCUT2D eigenvalue weighted by Gasteiger charge is -2.19. The zero-order valence-corrected chi connectivity index (χ0v) is 22.5. The summed E-state index contributed by atoms with van der Waals surface area (Å²) in [7, 11) is 0. The Balaban J connectivity index is 1.45. The number of imide groups is 1. The maximum atomic E-state index is 13.9. The summed E-state index contributed by atoms with van der Waals surface area (Å²) in [6.45, 7) is 12.0. The molecule has 0 aliphatic carbocycles. The van der Waals surface area contributed by atoms with Crippen molar-refractivity contribution >= 4 is 28.3 Å². The Morgan fingerprint density at radius 2 is 1.24 bits per heavy atom. The fraction of sp³-hybridized carbons (Fsp3) is 0.182. The molecule has 1 aliphatic rings. The lowest BCUT2D eigenvalue weighted by molar-refractivity contribution is 0.0922. The molecule has 188 valence electrons. The Kier molecular flexibility index (Phi) is 5.35. The fourth-order valence-electron chi connectivity index (χ4n) is 5.56. The highest BCUT2D eigenvalue weighted by Crippen LogP contribution is 2.36. The number of carbonyl (C=O) groups is 2. The summed E-state index contributed by atoms with van der Waals surface area (Å²) in [6.07, 6.45) is 0. The van der Waals surface area contributed by atoms with Gasteiger partial charge in [0.15, 0.2) is 0 Å². The molecule has 0 saturated carbocycles. The second-order valence-corrected chi connectivity index (χ2v) is 10.4. The van der Waals surface area contributed by atoms with Gasteiger partial charge in [-0.25, -0.2) is 9.58 Å². The van der Waals surface area contributed by atoms with Gasteiger partial charge in [-0.15, -0.1) is 0 Å². The summed E-state index contributed by atoms with van der Waals surface area (Å²) in [5.74, 6) is -0.678. The Morgan fingerprint density at radius 1 is 0.605 bits per heavy atom. The molecule has 5 nitrogen and oxygen atoms in total. The number of fused-ring (bicyclic) bond motifs is 2. The van der Waals surface area contributed by atoms with Crippen molar-refractivity contribution in [3.05, 3.63) is 111 Å². The van der Waals surface area contributed by atoms with Crippen molar-refractivity contribution in [1.29, 1.82) is 0 Å². The SMILES string of the molecule is Cc1cc2cc(C)c(-n3nc(C)c4c3C(=O)N(c3ccc(-c5ccccc5C)cc3C)C4=O)cc2cc1C. The van der Waals surface area contributed by atoms with Crippen LogP contribution in [-0.4, -0.2) is 21.6 Å². The number of anilines is 1. The van der Waals surface area contributed by atoms with Crippen LogP contribution in [0, 0.1) is 41.5 Å². The van der Waals surface area contributed by atoms with Gasteiger partial charge in [0.1, 0.15) is 5.69 Å². The van der Waals surface area contributed by atoms with Crippen LogP contribution < -0.4 is 4.90 Å². The zero-order valence-electron chi connectivity index (χ0n) is 22.5. The van der Waals surface area contributed by atoms with Gasteiger partial charge in [-0.2, -0.15) is 5.10 Å². The molecule has 38 heavy (non-hydrogen) atoms. The molecular formula is C33H29N3O2. The van der Waals surface area contributed by atoms with Gasteiger partial charge < -0.3 is 0 Å². The second-order valence-electron chi connectivity index (χ2n) is 10.4. The van der Waals surface area contributed by atoms with E-state index in [1.807, 2.05) is 44.2 Å². The van der Waals surface area contributed by atoms with Gasteiger partial charge in [0.2, 0.25) is 0 Å². The van der Waals surface area contributed by atoms with E-state index in [0.717, 1.165) is 38.7 Å². The monoisotopic (exact) mass is 499 g/mol. The molecule has 5 aromatic rings. The van der Waals surface area contributed by atoms with Crippen molar-refractivity contribution in [2.45, 2.75) is 41.5 Å². The van der Waals surface area contributed by atoms with Gasteiger partial charge in [-0.3, -0.25) is 9.59 Å². The minimum atomic E-state index is -0.350. The molecule has 2 amide bonds. The van der Waals surface area contributed by atoms with Crippen LogP contribution in [0.25, 0.3) is 27.6 Å². The standard InChI is InChI=1S/C33H29N3O2/c1-18-9-7-8-10-27(18)24-11-12-28(21(4)15-24)35-32(37)30-23(6)34-36(31(30)33(35)38)29-17-26-14-20(3)19(2)13-25(26)16-22(29)5/h7-17H,1-6H3. The molecule has 6 rings (SSSR count). The number of amides is 2. The van der Waals surface area contributed by atoms with E-state index in [1.54, 1.807) is 11.6 Å². The van der Waals surface area contributed by atoms with Gasteiger partial charge in [0, 0.05) is 0 Å². The predicted octanol–water partition coefficient (Wildman–Crippen LogP) is 7.34. The Morgan fingerprint density at radius 3 is 1.92 bits per heavy atom. The van der Waals surface area contributed by atoms with Crippen molar-refractivity contribution < 1.29 is 9.59 Å². The van der Waals surface area contributed by atoms with Gasteiger partial charge >= 0.3 is 0 Å². The van der Waals surface area contributed by atoms with Gasteiger partial charge in [0.25, 0.3) is 11.8 Å². The van der Waals surface area contributed by atoms with Crippen LogP contribution in [0.2, 0.25) is 0 Å². The number of nitrogens with zero attached hydrogens (tertiary/aromatic N) is 3. The molecule has 0 unspecified atom stereocenters. The van der Waals surface area contributed by atoms with Gasteiger partial charge in [-0.05, 0) is 116 Å². The highest BCUT2D eigenvalue weighted by atomic mass is 16.2. The first-order valence-electron chi connectivity index (χ1n) is 12.8. The number of aryl methyl sites for hydroxylation is 6. The normalized spacial score (nSPS) is 13.1. The van der Waals surface area contributed by atoms with Crippen LogP contribution in [0.5, 0.6) is 0 Å². The van der Waals surface area contributed by atoms with Crippen LogP contribution in [0.1, 0.15) is 54.4 Å². The number of hydrogen-bond acceptors (Lipinski definition) is 3. The molecule has 0 atom stereocenters. The molecule has 0 saturated heterocycles. The van der Waals surface area contributed by atoms with E-state index in [-0.39, 0.29) is 11.8 Å². The summed E-state index contributed by atoms with van der Waals surface area (Å²) in [4.78, 5) is 28.9. The highest BCUT2D eigenvalue weighted by molar-refractivity contribution is 6.34. The minimum absolute atomic E-state index is 0.321. The Hall–Kier alpha value is -4.51. The second kappa shape index (κ2) is 8.52. The molecule has 0 bridgehead atoms. The van der Waals surface area contributed by atoms with Crippen LogP contribution >= 0.6 is 0 Å². The number of benzene rings is 4. The summed E-state index contributed by atoms with van der Waals surface area (Å²) in [5, 5.41) is 6.89. The highest BCUT2D eigenvalue weighted by Gasteiger charge is 2.43. The molecule has 0 radical (unpaired) electrons. The third kappa shape index (κ3) is 3.50. The van der Waals surface area contributed by atoms with Gasteiger partial charge in [-0.1, -0.05) is 42.5 Å². The molecule has 0 fully saturated rings. The largest absolute Gasteiger partial charge is 0.284 e. The average molecular weight is 500 g/mol. The van der Waals surface area contributed by atoms with Crippen LogP contribution in [0.3, 0.4) is 0 Å². The van der Waals surface area contributed by atoms with E-state index < -0.39 is 0 Å². The van der Waals surface area contributed by atoms with Gasteiger partial charge in [0.05, 0.1) is 22.6 Å². The fourth-order valence-corrected chi connectivity index (χ4v) is 5.56. The summed E-state index contributed by atoms with van der Waals surface area (Å²) in [6, 6.07) is 22.6. The lowest BCUT2D eigenvalue weighted by Crippen LogP contribution is -2.31. The Bertz CT molecular complexity index is 1830. The zero-order chi connectivity index (χ0) is 26.9. The van der Waals surface area contributed by atoms with E-state index in [4.69, 9.17) is 0 Å². The van der Waals surface area contributed by atoms with E-state index >= 15 is 0 Å². The first kappa shape index (κ1) is 23.9. The van der Waals surface area contributed by atoms with Crippen molar-refractivity contribution in [2.75, 3.05) is 4.90 Å². The molecule has 4 aromatic carbocycles. The van der Waals surface area contributed by atoms with Crippen molar-refractivity contribution in [3.63, 3.8) is 0 Å². The van der Waals surface area contributed by atoms with E-state index in [1.165, 1.54) is 21.6 Å². The quantitative estimate of drug-likeness (QED) is 0.244. The molecular weight excluding hydrogens is 470 g/mol. The van der Waals surface area contributed by atoms with Crippen molar-refractivity contribution in [3.8, 4) is 16.8 Å². The van der Waals surface area contributed by atoms with E-state index in [2.05, 4.69) is 62.3 Å². The Labute approximate surface area is 222 Å². The maximum Gasteiger partial charge on any atom is 0.284 e. The number of carbonyl (C=O) groups excluding carboxylic acids is 2. The number of hydrogen-bond donors (Lipinski definition) is 0. The maximum absolute atomic E-state index is 13.9. The molecule has 0 N–H and O–H groups in total. The summed E-state index contributed by atoms with van der Waals surface area (Å²) in [5.41, 5.74) is 10.3. The van der Waals surface area contributed by atoms with Crippen molar-refractivity contribution in [2.24, 2.45) is 0 Å². The van der Waals surface area contributed by atoms with Crippen molar-refractivity contribution in [1.82, 2.24) is 9.78 Å². The smallest absolute Gasteiger partial charge is 0.268 e.